The van der Waals surface area contributed by atoms with Crippen molar-refractivity contribution in [3.05, 3.63) is 60.2 Å². The van der Waals surface area contributed by atoms with Crippen LogP contribution >= 0.6 is 0 Å². The smallest absolute Gasteiger partial charge is 0.185 e. The van der Waals surface area contributed by atoms with Gasteiger partial charge in [-0.3, -0.25) is 14.8 Å². The summed E-state index contributed by atoms with van der Waals surface area (Å²) in [6.07, 6.45) is 5.36. The van der Waals surface area contributed by atoms with Gasteiger partial charge in [-0.2, -0.15) is 0 Å². The Hall–Kier alpha value is -2.03. The van der Waals surface area contributed by atoms with Crippen LogP contribution in [0.1, 0.15) is 16.1 Å². The average molecular weight is 198 g/mol. The van der Waals surface area contributed by atoms with Crippen LogP contribution in [0.3, 0.4) is 0 Å². The third-order valence-electron chi connectivity index (χ3n) is 2.06. The Balaban J connectivity index is 2.12. The van der Waals surface area contributed by atoms with Gasteiger partial charge in [0.05, 0.1) is 0 Å². The SMILES string of the molecule is O=C(Cc1ccncc1)c1ccccn1. The van der Waals surface area contributed by atoms with E-state index in [2.05, 4.69) is 9.97 Å². The largest absolute Gasteiger partial charge is 0.292 e. The summed E-state index contributed by atoms with van der Waals surface area (Å²) in [5, 5.41) is 0. The molecular weight excluding hydrogens is 188 g/mol. The van der Waals surface area contributed by atoms with E-state index in [1.807, 2.05) is 18.2 Å². The minimum atomic E-state index is 0.0294. The molecule has 0 saturated heterocycles. The minimum absolute atomic E-state index is 0.0294. The van der Waals surface area contributed by atoms with Crippen LogP contribution in [-0.2, 0) is 6.42 Å². The van der Waals surface area contributed by atoms with Crippen LogP contribution in [-0.4, -0.2) is 15.8 Å². The van der Waals surface area contributed by atoms with Gasteiger partial charge in [0.1, 0.15) is 5.69 Å². The summed E-state index contributed by atoms with van der Waals surface area (Å²) in [6, 6.07) is 9.00. The topological polar surface area (TPSA) is 42.9 Å². The molecule has 0 saturated carbocycles. The van der Waals surface area contributed by atoms with E-state index in [0.29, 0.717) is 12.1 Å². The molecule has 74 valence electrons. The van der Waals surface area contributed by atoms with Crippen molar-refractivity contribution in [2.75, 3.05) is 0 Å². The van der Waals surface area contributed by atoms with Crippen molar-refractivity contribution in [2.24, 2.45) is 0 Å². The molecule has 0 radical (unpaired) electrons. The molecule has 0 atom stereocenters. The van der Waals surface area contributed by atoms with Crippen molar-refractivity contribution in [1.29, 1.82) is 0 Å². The van der Waals surface area contributed by atoms with Gasteiger partial charge in [0.25, 0.3) is 0 Å². The quantitative estimate of drug-likeness (QED) is 0.707. The summed E-state index contributed by atoms with van der Waals surface area (Å²) >= 11 is 0. The van der Waals surface area contributed by atoms with E-state index < -0.39 is 0 Å². The van der Waals surface area contributed by atoms with Gasteiger partial charge in [0.15, 0.2) is 5.78 Å². The van der Waals surface area contributed by atoms with Crippen LogP contribution in [0.15, 0.2) is 48.9 Å². The summed E-state index contributed by atoms with van der Waals surface area (Å²) in [4.78, 5) is 19.6. The fraction of sp³-hybridized carbons (Fsp3) is 0.0833. The molecule has 0 aromatic carbocycles. The predicted molar refractivity (Wildman–Crippen MR) is 56.5 cm³/mol. The van der Waals surface area contributed by atoms with Crippen LogP contribution in [0.2, 0.25) is 0 Å². The first-order valence-corrected chi connectivity index (χ1v) is 4.69. The van der Waals surface area contributed by atoms with Crippen LogP contribution in [0, 0.1) is 0 Å². The Morgan fingerprint density at radius 3 is 2.53 bits per heavy atom. The molecule has 0 N–H and O–H groups in total. The first-order chi connectivity index (χ1) is 7.36. The van der Waals surface area contributed by atoms with E-state index in [0.717, 1.165) is 5.56 Å². The maximum atomic E-state index is 11.7. The lowest BCUT2D eigenvalue weighted by Gasteiger charge is -1.99. The van der Waals surface area contributed by atoms with Gasteiger partial charge in [0, 0.05) is 25.0 Å². The predicted octanol–water partition coefficient (Wildman–Crippen LogP) is 1.90. The lowest BCUT2D eigenvalue weighted by Crippen LogP contribution is -2.05. The lowest BCUT2D eigenvalue weighted by atomic mass is 10.1. The number of carbonyl (C=O) groups is 1. The van der Waals surface area contributed by atoms with E-state index in [1.165, 1.54) is 0 Å². The molecule has 0 amide bonds. The number of hydrogen-bond acceptors (Lipinski definition) is 3. The number of rotatable bonds is 3. The van der Waals surface area contributed by atoms with Crippen LogP contribution in [0.4, 0.5) is 0 Å². The molecule has 0 aliphatic rings. The molecule has 0 fully saturated rings. The number of nitrogens with zero attached hydrogens (tertiary/aromatic N) is 2. The van der Waals surface area contributed by atoms with Crippen LogP contribution in [0.25, 0.3) is 0 Å². The van der Waals surface area contributed by atoms with Crippen molar-refractivity contribution in [3.63, 3.8) is 0 Å². The molecule has 3 heteroatoms. The van der Waals surface area contributed by atoms with Crippen molar-refractivity contribution in [3.8, 4) is 0 Å². The number of pyridine rings is 2. The molecule has 0 bridgehead atoms. The monoisotopic (exact) mass is 198 g/mol. The van der Waals surface area contributed by atoms with Gasteiger partial charge in [-0.25, -0.2) is 0 Å². The van der Waals surface area contributed by atoms with Gasteiger partial charge in [-0.15, -0.1) is 0 Å². The van der Waals surface area contributed by atoms with Gasteiger partial charge in [-0.05, 0) is 29.8 Å². The Bertz CT molecular complexity index is 440. The van der Waals surface area contributed by atoms with Crippen molar-refractivity contribution >= 4 is 5.78 Å². The second-order valence-electron chi connectivity index (χ2n) is 3.17. The van der Waals surface area contributed by atoms with Crippen LogP contribution < -0.4 is 0 Å². The normalized spacial score (nSPS) is 9.87. The highest BCUT2D eigenvalue weighted by Gasteiger charge is 2.06. The van der Waals surface area contributed by atoms with Crippen molar-refractivity contribution < 1.29 is 4.79 Å². The average Bonchev–Trinajstić information content (AvgIpc) is 2.31. The van der Waals surface area contributed by atoms with Crippen molar-refractivity contribution in [1.82, 2.24) is 9.97 Å². The number of hydrogen-bond donors (Lipinski definition) is 0. The Kier molecular flexibility index (Phi) is 2.83. The Labute approximate surface area is 87.8 Å². The molecule has 2 heterocycles. The van der Waals surface area contributed by atoms with Gasteiger partial charge in [0.2, 0.25) is 0 Å². The van der Waals surface area contributed by atoms with E-state index in [1.54, 1.807) is 30.7 Å². The Morgan fingerprint density at radius 2 is 1.87 bits per heavy atom. The zero-order chi connectivity index (χ0) is 10.5. The fourth-order valence-corrected chi connectivity index (χ4v) is 1.30. The van der Waals surface area contributed by atoms with Gasteiger partial charge in [-0.1, -0.05) is 6.07 Å². The standard InChI is InChI=1S/C12H10N2O/c15-12(11-3-1-2-6-14-11)9-10-4-7-13-8-5-10/h1-8H,9H2. The minimum Gasteiger partial charge on any atom is -0.292 e. The maximum absolute atomic E-state index is 11.7. The molecule has 0 aliphatic carbocycles. The highest BCUT2D eigenvalue weighted by atomic mass is 16.1. The summed E-state index contributed by atoms with van der Waals surface area (Å²) < 4.78 is 0. The number of aromatic nitrogens is 2. The zero-order valence-corrected chi connectivity index (χ0v) is 8.13. The lowest BCUT2D eigenvalue weighted by molar-refractivity contribution is 0.0988. The van der Waals surface area contributed by atoms with E-state index in [4.69, 9.17) is 0 Å². The van der Waals surface area contributed by atoms with E-state index in [9.17, 15) is 4.79 Å². The molecule has 2 rings (SSSR count). The molecule has 0 unspecified atom stereocenters. The highest BCUT2D eigenvalue weighted by molar-refractivity contribution is 5.95. The van der Waals surface area contributed by atoms with Crippen LogP contribution in [0.5, 0.6) is 0 Å². The Morgan fingerprint density at radius 1 is 1.07 bits per heavy atom. The van der Waals surface area contributed by atoms with E-state index >= 15 is 0 Å². The number of ketones is 1. The van der Waals surface area contributed by atoms with E-state index in [-0.39, 0.29) is 5.78 Å². The molecule has 3 nitrogen and oxygen atoms in total. The summed E-state index contributed by atoms with van der Waals surface area (Å²) in [5.41, 5.74) is 1.47. The first-order valence-electron chi connectivity index (χ1n) is 4.69. The molecule has 2 aromatic rings. The molecule has 0 spiro atoms. The second-order valence-corrected chi connectivity index (χ2v) is 3.17. The molecule has 0 aliphatic heterocycles. The number of Topliss-reactive ketones (excluding diaryl/α,β-unsaturated/α-hetero) is 1. The molecular formula is C12H10N2O. The second kappa shape index (κ2) is 4.46. The third-order valence-corrected chi connectivity index (χ3v) is 2.06. The number of carbonyl (C=O) groups excluding carboxylic acids is 1. The summed E-state index contributed by atoms with van der Waals surface area (Å²) in [6.45, 7) is 0. The fourth-order valence-electron chi connectivity index (χ4n) is 1.30. The van der Waals surface area contributed by atoms with Crippen molar-refractivity contribution in [2.45, 2.75) is 6.42 Å². The van der Waals surface area contributed by atoms with Gasteiger partial charge >= 0.3 is 0 Å². The highest BCUT2D eigenvalue weighted by Crippen LogP contribution is 2.03. The summed E-state index contributed by atoms with van der Waals surface area (Å²) in [7, 11) is 0. The third kappa shape index (κ3) is 2.47. The zero-order valence-electron chi connectivity index (χ0n) is 8.13. The first kappa shape index (κ1) is 9.52. The molecule has 15 heavy (non-hydrogen) atoms. The van der Waals surface area contributed by atoms with Gasteiger partial charge < -0.3 is 0 Å². The maximum Gasteiger partial charge on any atom is 0.185 e. The summed E-state index contributed by atoms with van der Waals surface area (Å²) in [5.74, 6) is 0.0294. The molecule has 2 aromatic heterocycles.